The number of hydrogen-bond donors (Lipinski definition) is 1. The summed E-state index contributed by atoms with van der Waals surface area (Å²) in [6.07, 6.45) is 1.17. The maximum Gasteiger partial charge on any atom is 0.0210 e. The molecule has 1 heterocycles. The Balaban J connectivity index is 2.31. The van der Waals surface area contributed by atoms with Crippen molar-refractivity contribution >= 4 is 0 Å². The van der Waals surface area contributed by atoms with Crippen molar-refractivity contribution in [1.29, 1.82) is 0 Å². The van der Waals surface area contributed by atoms with E-state index in [9.17, 15) is 0 Å². The van der Waals surface area contributed by atoms with Gasteiger partial charge in [0.05, 0.1) is 0 Å². The number of hydrogen-bond acceptors (Lipinski definition) is 1. The molecule has 1 nitrogen and oxygen atoms in total. The molecule has 1 aromatic rings. The van der Waals surface area contributed by atoms with Gasteiger partial charge in [0.25, 0.3) is 0 Å². The van der Waals surface area contributed by atoms with Gasteiger partial charge in [-0.25, -0.2) is 0 Å². The van der Waals surface area contributed by atoms with Crippen LogP contribution in [0.3, 0.4) is 0 Å². The summed E-state index contributed by atoms with van der Waals surface area (Å²) in [5.74, 6) is 0.639. The van der Waals surface area contributed by atoms with Crippen LogP contribution in [-0.4, -0.2) is 6.04 Å². The highest BCUT2D eigenvalue weighted by Crippen LogP contribution is 2.22. The van der Waals surface area contributed by atoms with Gasteiger partial charge in [-0.1, -0.05) is 32.0 Å². The second kappa shape index (κ2) is 3.74. The van der Waals surface area contributed by atoms with E-state index in [1.54, 1.807) is 0 Å². The minimum Gasteiger partial charge on any atom is -0.310 e. The molecule has 0 saturated heterocycles. The largest absolute Gasteiger partial charge is 0.310 e. The maximum absolute atomic E-state index is 3.50. The molecule has 1 N–H and O–H groups in total. The van der Waals surface area contributed by atoms with E-state index < -0.39 is 0 Å². The SMILES string of the molecule is CC1Cc2ccc(C(C)C)cc2CN1. The molecule has 0 aliphatic carbocycles. The molecule has 14 heavy (non-hydrogen) atoms. The molecule has 1 aliphatic heterocycles. The van der Waals surface area contributed by atoms with Gasteiger partial charge in [-0.15, -0.1) is 0 Å². The van der Waals surface area contributed by atoms with Crippen molar-refractivity contribution in [2.75, 3.05) is 0 Å². The fraction of sp³-hybridized carbons (Fsp3) is 0.538. The minimum absolute atomic E-state index is 0.632. The van der Waals surface area contributed by atoms with Crippen LogP contribution < -0.4 is 5.32 Å². The molecule has 1 atom stereocenters. The van der Waals surface area contributed by atoms with Crippen molar-refractivity contribution in [3.63, 3.8) is 0 Å². The third kappa shape index (κ3) is 1.83. The maximum atomic E-state index is 3.50. The lowest BCUT2D eigenvalue weighted by Crippen LogP contribution is -2.32. The van der Waals surface area contributed by atoms with Crippen LogP contribution in [0.25, 0.3) is 0 Å². The molecule has 2 rings (SSSR count). The van der Waals surface area contributed by atoms with E-state index in [1.807, 2.05) is 0 Å². The molecular weight excluding hydrogens is 170 g/mol. The van der Waals surface area contributed by atoms with Crippen LogP contribution in [0, 0.1) is 0 Å². The summed E-state index contributed by atoms with van der Waals surface area (Å²) < 4.78 is 0. The summed E-state index contributed by atoms with van der Waals surface area (Å²) in [5, 5.41) is 3.50. The van der Waals surface area contributed by atoms with Gasteiger partial charge in [0.2, 0.25) is 0 Å². The summed E-state index contributed by atoms with van der Waals surface area (Å²) >= 11 is 0. The molecule has 1 aliphatic rings. The predicted molar refractivity (Wildman–Crippen MR) is 60.5 cm³/mol. The average molecular weight is 189 g/mol. The summed E-state index contributed by atoms with van der Waals surface area (Å²) in [4.78, 5) is 0. The first kappa shape index (κ1) is 9.72. The van der Waals surface area contributed by atoms with Crippen LogP contribution in [0.5, 0.6) is 0 Å². The van der Waals surface area contributed by atoms with E-state index in [1.165, 1.54) is 23.1 Å². The lowest BCUT2D eigenvalue weighted by atomic mass is 9.92. The highest BCUT2D eigenvalue weighted by Gasteiger charge is 2.14. The zero-order valence-corrected chi connectivity index (χ0v) is 9.30. The third-order valence-electron chi connectivity index (χ3n) is 3.06. The van der Waals surface area contributed by atoms with Crippen LogP contribution in [0.2, 0.25) is 0 Å². The Labute approximate surface area is 86.5 Å². The van der Waals surface area contributed by atoms with E-state index in [2.05, 4.69) is 44.3 Å². The zero-order chi connectivity index (χ0) is 10.1. The number of benzene rings is 1. The quantitative estimate of drug-likeness (QED) is 0.716. The number of fused-ring (bicyclic) bond motifs is 1. The molecule has 0 radical (unpaired) electrons. The van der Waals surface area contributed by atoms with Crippen molar-refractivity contribution in [3.8, 4) is 0 Å². The normalized spacial score (nSPS) is 21.0. The molecule has 76 valence electrons. The number of rotatable bonds is 1. The average Bonchev–Trinajstić information content (AvgIpc) is 2.16. The van der Waals surface area contributed by atoms with Gasteiger partial charge in [0.15, 0.2) is 0 Å². The zero-order valence-electron chi connectivity index (χ0n) is 9.30. The Morgan fingerprint density at radius 3 is 2.79 bits per heavy atom. The molecular formula is C13H19N. The molecule has 1 aromatic carbocycles. The Morgan fingerprint density at radius 1 is 1.29 bits per heavy atom. The topological polar surface area (TPSA) is 12.0 Å². The molecule has 0 fully saturated rings. The van der Waals surface area contributed by atoms with Crippen LogP contribution in [0.1, 0.15) is 43.4 Å². The van der Waals surface area contributed by atoms with E-state index in [0.29, 0.717) is 12.0 Å². The first-order valence-corrected chi connectivity index (χ1v) is 5.52. The Morgan fingerprint density at radius 2 is 2.07 bits per heavy atom. The molecule has 0 aromatic heterocycles. The van der Waals surface area contributed by atoms with Crippen LogP contribution in [0.4, 0.5) is 0 Å². The van der Waals surface area contributed by atoms with Gasteiger partial charge in [-0.2, -0.15) is 0 Å². The summed E-state index contributed by atoms with van der Waals surface area (Å²) in [5.41, 5.74) is 4.48. The van der Waals surface area contributed by atoms with Crippen molar-refractivity contribution in [2.24, 2.45) is 0 Å². The summed E-state index contributed by atoms with van der Waals surface area (Å²) in [6, 6.07) is 7.58. The summed E-state index contributed by atoms with van der Waals surface area (Å²) in [6.45, 7) is 7.79. The first-order valence-electron chi connectivity index (χ1n) is 5.52. The Hall–Kier alpha value is -0.820. The second-order valence-corrected chi connectivity index (χ2v) is 4.67. The van der Waals surface area contributed by atoms with Gasteiger partial charge in [-0.05, 0) is 36.0 Å². The van der Waals surface area contributed by atoms with Crippen molar-refractivity contribution in [2.45, 2.75) is 45.7 Å². The van der Waals surface area contributed by atoms with Gasteiger partial charge in [0.1, 0.15) is 0 Å². The van der Waals surface area contributed by atoms with Gasteiger partial charge in [-0.3, -0.25) is 0 Å². The fourth-order valence-corrected chi connectivity index (χ4v) is 2.05. The smallest absolute Gasteiger partial charge is 0.0210 e. The Kier molecular flexibility index (Phi) is 2.60. The number of nitrogens with one attached hydrogen (secondary N) is 1. The van der Waals surface area contributed by atoms with Gasteiger partial charge in [0, 0.05) is 12.6 Å². The van der Waals surface area contributed by atoms with Gasteiger partial charge >= 0.3 is 0 Å². The fourth-order valence-electron chi connectivity index (χ4n) is 2.05. The van der Waals surface area contributed by atoms with Crippen LogP contribution in [-0.2, 0) is 13.0 Å². The van der Waals surface area contributed by atoms with E-state index in [0.717, 1.165) is 6.54 Å². The lowest BCUT2D eigenvalue weighted by molar-refractivity contribution is 0.513. The Bertz CT molecular complexity index is 328. The van der Waals surface area contributed by atoms with E-state index in [-0.39, 0.29) is 0 Å². The van der Waals surface area contributed by atoms with Crippen molar-refractivity contribution in [1.82, 2.24) is 5.32 Å². The molecule has 1 heteroatoms. The van der Waals surface area contributed by atoms with E-state index in [4.69, 9.17) is 0 Å². The van der Waals surface area contributed by atoms with Gasteiger partial charge < -0.3 is 5.32 Å². The highest BCUT2D eigenvalue weighted by atomic mass is 14.9. The third-order valence-corrected chi connectivity index (χ3v) is 3.06. The van der Waals surface area contributed by atoms with Crippen molar-refractivity contribution < 1.29 is 0 Å². The second-order valence-electron chi connectivity index (χ2n) is 4.67. The molecule has 0 bridgehead atoms. The lowest BCUT2D eigenvalue weighted by Gasteiger charge is -2.24. The minimum atomic E-state index is 0.632. The summed E-state index contributed by atoms with van der Waals surface area (Å²) in [7, 11) is 0. The van der Waals surface area contributed by atoms with Crippen LogP contribution in [0.15, 0.2) is 18.2 Å². The monoisotopic (exact) mass is 189 g/mol. The highest BCUT2D eigenvalue weighted by molar-refractivity contribution is 5.35. The van der Waals surface area contributed by atoms with Crippen molar-refractivity contribution in [3.05, 3.63) is 34.9 Å². The van der Waals surface area contributed by atoms with Crippen LogP contribution >= 0.6 is 0 Å². The predicted octanol–water partition coefficient (Wildman–Crippen LogP) is 2.84. The van der Waals surface area contributed by atoms with E-state index >= 15 is 0 Å². The molecule has 0 spiro atoms. The first-order chi connectivity index (χ1) is 6.66. The molecule has 0 saturated carbocycles. The molecule has 1 unspecified atom stereocenters. The molecule has 0 amide bonds. The standard InChI is InChI=1S/C13H19N/c1-9(2)11-4-5-12-6-10(3)14-8-13(12)7-11/h4-5,7,9-10,14H,6,8H2,1-3H3.